The van der Waals surface area contributed by atoms with Gasteiger partial charge in [-0.25, -0.2) is 0 Å². The van der Waals surface area contributed by atoms with Crippen molar-refractivity contribution in [3.63, 3.8) is 0 Å². The summed E-state index contributed by atoms with van der Waals surface area (Å²) < 4.78 is 0. The van der Waals surface area contributed by atoms with Gasteiger partial charge in [0.05, 0.1) is 0 Å². The van der Waals surface area contributed by atoms with Crippen LogP contribution in [-0.2, 0) is 0 Å². The summed E-state index contributed by atoms with van der Waals surface area (Å²) >= 11 is 0. The Labute approximate surface area is 103 Å². The molecule has 17 heavy (non-hydrogen) atoms. The van der Waals surface area contributed by atoms with Gasteiger partial charge in [-0.05, 0) is 23.6 Å². The summed E-state index contributed by atoms with van der Waals surface area (Å²) in [6.07, 6.45) is 4.24. The SMILES string of the molecule is C=C(C)c1ccc(/C=C/c2ccccc2)cc1. The predicted molar refractivity (Wildman–Crippen MR) is 76.5 cm³/mol. The van der Waals surface area contributed by atoms with Gasteiger partial charge in [-0.15, -0.1) is 0 Å². The van der Waals surface area contributed by atoms with Crippen molar-refractivity contribution in [2.24, 2.45) is 0 Å². The van der Waals surface area contributed by atoms with E-state index in [0.29, 0.717) is 0 Å². The fourth-order valence-corrected chi connectivity index (χ4v) is 1.64. The van der Waals surface area contributed by atoms with Crippen molar-refractivity contribution in [1.29, 1.82) is 0 Å². The quantitative estimate of drug-likeness (QED) is 0.646. The zero-order valence-corrected chi connectivity index (χ0v) is 10.1. The highest BCUT2D eigenvalue weighted by atomic mass is 14.0. The van der Waals surface area contributed by atoms with Gasteiger partial charge in [0, 0.05) is 0 Å². The predicted octanol–water partition coefficient (Wildman–Crippen LogP) is 4.89. The van der Waals surface area contributed by atoms with Crippen LogP contribution in [-0.4, -0.2) is 0 Å². The Kier molecular flexibility index (Phi) is 3.56. The lowest BCUT2D eigenvalue weighted by molar-refractivity contribution is 1.56. The van der Waals surface area contributed by atoms with Gasteiger partial charge in [0.15, 0.2) is 0 Å². The van der Waals surface area contributed by atoms with Gasteiger partial charge >= 0.3 is 0 Å². The molecule has 0 nitrogen and oxygen atoms in total. The molecule has 84 valence electrons. The van der Waals surface area contributed by atoms with Crippen molar-refractivity contribution in [1.82, 2.24) is 0 Å². The van der Waals surface area contributed by atoms with E-state index in [-0.39, 0.29) is 0 Å². The fourth-order valence-electron chi connectivity index (χ4n) is 1.64. The molecule has 0 unspecified atom stereocenters. The minimum atomic E-state index is 1.10. The Morgan fingerprint density at radius 1 is 0.824 bits per heavy atom. The molecular formula is C17H16. The third-order valence-corrected chi connectivity index (χ3v) is 2.67. The number of benzene rings is 2. The van der Waals surface area contributed by atoms with Crippen LogP contribution < -0.4 is 0 Å². The molecule has 2 aromatic carbocycles. The van der Waals surface area contributed by atoms with Crippen LogP contribution in [0.1, 0.15) is 23.6 Å². The molecule has 2 rings (SSSR count). The lowest BCUT2D eigenvalue weighted by Gasteiger charge is -1.99. The molecule has 0 aliphatic heterocycles. The number of hydrogen-bond acceptors (Lipinski definition) is 0. The third-order valence-electron chi connectivity index (χ3n) is 2.67. The van der Waals surface area contributed by atoms with Gasteiger partial charge in [0.1, 0.15) is 0 Å². The normalized spacial score (nSPS) is 10.6. The lowest BCUT2D eigenvalue weighted by Crippen LogP contribution is -1.78. The first-order chi connectivity index (χ1) is 8.25. The molecule has 0 saturated carbocycles. The zero-order chi connectivity index (χ0) is 12.1. The number of allylic oxidation sites excluding steroid dienone is 1. The van der Waals surface area contributed by atoms with Crippen LogP contribution in [0, 0.1) is 0 Å². The average Bonchev–Trinajstić information content (AvgIpc) is 2.38. The molecular weight excluding hydrogens is 204 g/mol. The molecule has 0 N–H and O–H groups in total. The fraction of sp³-hybridized carbons (Fsp3) is 0.0588. The van der Waals surface area contributed by atoms with Crippen molar-refractivity contribution in [3.05, 3.63) is 77.9 Å². The topological polar surface area (TPSA) is 0 Å². The van der Waals surface area contributed by atoms with E-state index in [2.05, 4.69) is 55.1 Å². The van der Waals surface area contributed by atoms with Crippen LogP contribution in [0.15, 0.2) is 61.2 Å². The Balaban J connectivity index is 2.14. The van der Waals surface area contributed by atoms with Crippen molar-refractivity contribution in [3.8, 4) is 0 Å². The summed E-state index contributed by atoms with van der Waals surface area (Å²) in [6, 6.07) is 18.7. The smallest absolute Gasteiger partial charge is 0.0233 e. The zero-order valence-electron chi connectivity index (χ0n) is 10.1. The van der Waals surface area contributed by atoms with Crippen molar-refractivity contribution < 1.29 is 0 Å². The number of rotatable bonds is 3. The maximum atomic E-state index is 3.93. The van der Waals surface area contributed by atoms with E-state index in [1.54, 1.807) is 0 Å². The first kappa shape index (κ1) is 11.4. The van der Waals surface area contributed by atoms with Gasteiger partial charge in [-0.3, -0.25) is 0 Å². The van der Waals surface area contributed by atoms with Crippen LogP contribution >= 0.6 is 0 Å². The molecule has 0 spiro atoms. The molecule has 0 fully saturated rings. The minimum Gasteiger partial charge on any atom is -0.0955 e. The molecule has 0 aromatic heterocycles. The largest absolute Gasteiger partial charge is 0.0955 e. The van der Waals surface area contributed by atoms with E-state index < -0.39 is 0 Å². The summed E-state index contributed by atoms with van der Waals surface area (Å²) in [7, 11) is 0. The summed E-state index contributed by atoms with van der Waals surface area (Å²) in [4.78, 5) is 0. The van der Waals surface area contributed by atoms with Crippen LogP contribution in [0.5, 0.6) is 0 Å². The summed E-state index contributed by atoms with van der Waals surface area (Å²) in [6.45, 7) is 5.95. The maximum Gasteiger partial charge on any atom is -0.0233 e. The van der Waals surface area contributed by atoms with Gasteiger partial charge in [-0.2, -0.15) is 0 Å². The van der Waals surface area contributed by atoms with E-state index >= 15 is 0 Å². The van der Waals surface area contributed by atoms with Gasteiger partial charge in [0.2, 0.25) is 0 Å². The van der Waals surface area contributed by atoms with Crippen LogP contribution in [0.4, 0.5) is 0 Å². The van der Waals surface area contributed by atoms with E-state index in [4.69, 9.17) is 0 Å². The molecule has 0 aliphatic rings. The van der Waals surface area contributed by atoms with E-state index in [1.165, 1.54) is 16.7 Å². The highest BCUT2D eigenvalue weighted by molar-refractivity contribution is 5.71. The molecule has 0 saturated heterocycles. The van der Waals surface area contributed by atoms with Crippen LogP contribution in [0.25, 0.3) is 17.7 Å². The second-order valence-corrected chi connectivity index (χ2v) is 4.15. The molecule has 2 aromatic rings. The first-order valence-electron chi connectivity index (χ1n) is 5.75. The van der Waals surface area contributed by atoms with Gasteiger partial charge in [0.25, 0.3) is 0 Å². The standard InChI is InChI=1S/C17H16/c1-14(2)17-12-10-16(11-13-17)9-8-15-6-4-3-5-7-15/h3-13H,1H2,2H3/b9-8+. The molecule has 0 bridgehead atoms. The van der Waals surface area contributed by atoms with Crippen molar-refractivity contribution in [2.75, 3.05) is 0 Å². The molecule has 0 radical (unpaired) electrons. The minimum absolute atomic E-state index is 1.10. The highest BCUT2D eigenvalue weighted by Crippen LogP contribution is 2.14. The van der Waals surface area contributed by atoms with Crippen molar-refractivity contribution in [2.45, 2.75) is 6.92 Å². The molecule has 0 aliphatic carbocycles. The van der Waals surface area contributed by atoms with Gasteiger partial charge < -0.3 is 0 Å². The summed E-state index contributed by atoms with van der Waals surface area (Å²) in [5, 5.41) is 0. The Morgan fingerprint density at radius 3 is 1.88 bits per heavy atom. The monoisotopic (exact) mass is 220 g/mol. The second kappa shape index (κ2) is 5.31. The van der Waals surface area contributed by atoms with E-state index in [1.807, 2.05) is 25.1 Å². The Bertz CT molecular complexity index is 516. The highest BCUT2D eigenvalue weighted by Gasteiger charge is 1.92. The molecule has 0 heteroatoms. The first-order valence-corrected chi connectivity index (χ1v) is 5.75. The van der Waals surface area contributed by atoms with E-state index in [0.717, 1.165) is 5.57 Å². The second-order valence-electron chi connectivity index (χ2n) is 4.15. The Hall–Kier alpha value is -2.08. The van der Waals surface area contributed by atoms with Gasteiger partial charge in [-0.1, -0.05) is 78.9 Å². The Morgan fingerprint density at radius 2 is 1.35 bits per heavy atom. The summed E-state index contributed by atoms with van der Waals surface area (Å²) in [5.41, 5.74) is 4.72. The van der Waals surface area contributed by atoms with E-state index in [9.17, 15) is 0 Å². The molecule has 0 atom stereocenters. The van der Waals surface area contributed by atoms with Crippen LogP contribution in [0.2, 0.25) is 0 Å². The molecule has 0 heterocycles. The third kappa shape index (κ3) is 3.18. The van der Waals surface area contributed by atoms with Crippen molar-refractivity contribution >= 4 is 17.7 Å². The average molecular weight is 220 g/mol. The number of hydrogen-bond donors (Lipinski definition) is 0. The molecule has 0 amide bonds. The van der Waals surface area contributed by atoms with Crippen LogP contribution in [0.3, 0.4) is 0 Å². The maximum absolute atomic E-state index is 3.93. The lowest BCUT2D eigenvalue weighted by atomic mass is 10.1. The summed E-state index contributed by atoms with van der Waals surface area (Å²) in [5.74, 6) is 0.